The Morgan fingerprint density at radius 3 is 1.75 bits per heavy atom. The minimum absolute atomic E-state index is 0.212. The smallest absolute Gasteiger partial charge is 0.227 e. The first kappa shape index (κ1) is 32.6. The summed E-state index contributed by atoms with van der Waals surface area (Å²) in [4.78, 5) is 25.9. The first-order valence-electron chi connectivity index (χ1n) is 18.1. The summed E-state index contributed by atoms with van der Waals surface area (Å²) in [6.07, 6.45) is 0. The van der Waals surface area contributed by atoms with E-state index in [0.29, 0.717) is 11.5 Å². The Bertz CT molecular complexity index is 2860. The summed E-state index contributed by atoms with van der Waals surface area (Å²) >= 11 is 0. The van der Waals surface area contributed by atoms with Gasteiger partial charge in [-0.1, -0.05) is 126 Å². The number of benzene rings is 6. The van der Waals surface area contributed by atoms with E-state index in [1.807, 2.05) is 42.5 Å². The molecule has 0 unspecified atom stereocenters. The average Bonchev–Trinajstić information content (AvgIpc) is 3.61. The van der Waals surface area contributed by atoms with Crippen molar-refractivity contribution >= 4 is 43.9 Å². The van der Waals surface area contributed by atoms with Gasteiger partial charge < -0.3 is 4.42 Å². The zero-order chi connectivity index (χ0) is 36.5. The summed E-state index contributed by atoms with van der Waals surface area (Å²) in [5, 5.41) is 2.17. The molecule has 9 aromatic rings. The number of para-hydroxylation sites is 3. The molecule has 0 amide bonds. The molecule has 3 heterocycles. The van der Waals surface area contributed by atoms with Crippen molar-refractivity contribution < 1.29 is 4.42 Å². The summed E-state index contributed by atoms with van der Waals surface area (Å²) in [7, 11) is 0. The van der Waals surface area contributed by atoms with Gasteiger partial charge in [0.05, 0.1) is 44.8 Å². The third kappa shape index (κ3) is 5.71. The van der Waals surface area contributed by atoms with E-state index in [2.05, 4.69) is 126 Å². The van der Waals surface area contributed by atoms with E-state index in [9.17, 15) is 0 Å². The van der Waals surface area contributed by atoms with Crippen molar-refractivity contribution in [1.29, 1.82) is 0 Å². The van der Waals surface area contributed by atoms with Crippen LogP contribution < -0.4 is 0 Å². The maximum atomic E-state index is 6.68. The van der Waals surface area contributed by atoms with Gasteiger partial charge in [-0.15, -0.1) is 0 Å². The van der Waals surface area contributed by atoms with Crippen molar-refractivity contribution in [2.75, 3.05) is 0 Å². The first-order chi connectivity index (χ1) is 25.5. The van der Waals surface area contributed by atoms with Crippen LogP contribution in [0, 0.1) is 0 Å². The van der Waals surface area contributed by atoms with E-state index < -0.39 is 0 Å². The first-order valence-corrected chi connectivity index (χ1v) is 18.1. The molecule has 0 aliphatic carbocycles. The fourth-order valence-corrected chi connectivity index (χ4v) is 7.23. The molecule has 0 saturated carbocycles. The number of nitrogens with zero attached hydrogens (tertiary/aromatic N) is 5. The van der Waals surface area contributed by atoms with Gasteiger partial charge in [0.15, 0.2) is 5.58 Å². The number of hydrogen-bond acceptors (Lipinski definition) is 6. The highest BCUT2D eigenvalue weighted by molar-refractivity contribution is 6.11. The molecule has 258 valence electrons. The van der Waals surface area contributed by atoms with Gasteiger partial charge in [-0.3, -0.25) is 0 Å². The molecule has 0 aliphatic heterocycles. The molecule has 3 aromatic heterocycles. The van der Waals surface area contributed by atoms with Crippen LogP contribution in [0.2, 0.25) is 0 Å². The SMILES string of the molecule is CC(C)(C)c1nc2cc(-c3cccc(-c4nc5cccc(-c6nc7ccccc7nc6C(C)(C)C)c5o4)c3)c3ccccc3c2nc1-c1ccccc1. The van der Waals surface area contributed by atoms with Gasteiger partial charge in [-0.05, 0) is 59.0 Å². The molecule has 0 radical (unpaired) electrons. The topological polar surface area (TPSA) is 77.6 Å². The average molecular weight is 690 g/mol. The molecule has 9 rings (SSSR count). The van der Waals surface area contributed by atoms with Crippen molar-refractivity contribution in [3.05, 3.63) is 139 Å². The van der Waals surface area contributed by atoms with Crippen molar-refractivity contribution in [3.8, 4) is 45.1 Å². The van der Waals surface area contributed by atoms with E-state index in [0.717, 1.165) is 88.9 Å². The lowest BCUT2D eigenvalue weighted by Gasteiger charge is -2.22. The largest absolute Gasteiger partial charge is 0.435 e. The second kappa shape index (κ2) is 12.2. The lowest BCUT2D eigenvalue weighted by molar-refractivity contribution is 0.570. The Labute approximate surface area is 308 Å². The quantitative estimate of drug-likeness (QED) is 0.171. The summed E-state index contributed by atoms with van der Waals surface area (Å²) < 4.78 is 6.68. The maximum absolute atomic E-state index is 6.68. The van der Waals surface area contributed by atoms with Crippen molar-refractivity contribution in [3.63, 3.8) is 0 Å². The Kier molecular flexibility index (Phi) is 7.49. The predicted molar refractivity (Wildman–Crippen MR) is 217 cm³/mol. The summed E-state index contributed by atoms with van der Waals surface area (Å²) in [6, 6.07) is 43.5. The van der Waals surface area contributed by atoms with E-state index in [1.165, 1.54) is 0 Å². The molecule has 6 aromatic carbocycles. The van der Waals surface area contributed by atoms with E-state index >= 15 is 0 Å². The van der Waals surface area contributed by atoms with Crippen LogP contribution in [0.15, 0.2) is 132 Å². The number of hydrogen-bond donors (Lipinski definition) is 0. The molecule has 0 spiro atoms. The van der Waals surface area contributed by atoms with Gasteiger partial charge in [0, 0.05) is 32.9 Å². The molecule has 0 bridgehead atoms. The summed E-state index contributed by atoms with van der Waals surface area (Å²) in [5.74, 6) is 0.549. The maximum Gasteiger partial charge on any atom is 0.227 e. The standard InChI is InChI=1S/C47H39N5O/c1-46(2,3)43-39(28-16-8-7-9-17-28)52-40-32-21-11-10-20-31(32)34(27-38(40)50-43)29-18-14-19-30(26-29)45-51-37-25-15-22-33(42(37)53-45)41-44(47(4,5)6)49-36-24-13-12-23-35(36)48-41/h7-27H,1-6H3. The van der Waals surface area contributed by atoms with Crippen molar-refractivity contribution in [2.24, 2.45) is 0 Å². The lowest BCUT2D eigenvalue weighted by Crippen LogP contribution is -2.16. The third-order valence-corrected chi connectivity index (χ3v) is 9.81. The zero-order valence-corrected chi connectivity index (χ0v) is 30.8. The highest BCUT2D eigenvalue weighted by atomic mass is 16.3. The Morgan fingerprint density at radius 1 is 0.415 bits per heavy atom. The predicted octanol–water partition coefficient (Wildman–Crippen LogP) is 12.1. The fourth-order valence-electron chi connectivity index (χ4n) is 7.23. The van der Waals surface area contributed by atoms with Crippen LogP contribution in [0.5, 0.6) is 0 Å². The van der Waals surface area contributed by atoms with Crippen LogP contribution >= 0.6 is 0 Å². The van der Waals surface area contributed by atoms with Crippen LogP contribution in [0.1, 0.15) is 52.9 Å². The second-order valence-corrected chi connectivity index (χ2v) is 15.8. The highest BCUT2D eigenvalue weighted by Crippen LogP contribution is 2.40. The van der Waals surface area contributed by atoms with Gasteiger partial charge >= 0.3 is 0 Å². The van der Waals surface area contributed by atoms with Crippen molar-refractivity contribution in [1.82, 2.24) is 24.9 Å². The summed E-state index contributed by atoms with van der Waals surface area (Å²) in [6.45, 7) is 13.1. The lowest BCUT2D eigenvalue weighted by atomic mass is 9.87. The van der Waals surface area contributed by atoms with Crippen LogP contribution in [0.3, 0.4) is 0 Å². The number of rotatable bonds is 4. The second-order valence-electron chi connectivity index (χ2n) is 15.8. The van der Waals surface area contributed by atoms with E-state index in [4.69, 9.17) is 29.3 Å². The van der Waals surface area contributed by atoms with E-state index in [-0.39, 0.29) is 10.8 Å². The fraction of sp³-hybridized carbons (Fsp3) is 0.170. The molecule has 0 fully saturated rings. The molecule has 0 atom stereocenters. The van der Waals surface area contributed by atoms with Gasteiger partial charge in [0.2, 0.25) is 5.89 Å². The minimum atomic E-state index is -0.241. The molecule has 6 nitrogen and oxygen atoms in total. The van der Waals surface area contributed by atoms with Crippen LogP contribution in [0.4, 0.5) is 0 Å². The van der Waals surface area contributed by atoms with Gasteiger partial charge in [0.1, 0.15) is 5.52 Å². The van der Waals surface area contributed by atoms with Gasteiger partial charge in [0.25, 0.3) is 0 Å². The molecule has 0 N–H and O–H groups in total. The van der Waals surface area contributed by atoms with Crippen LogP contribution in [-0.4, -0.2) is 24.9 Å². The molecule has 6 heteroatoms. The molecular weight excluding hydrogens is 651 g/mol. The van der Waals surface area contributed by atoms with Gasteiger partial charge in [-0.25, -0.2) is 24.9 Å². The Hall–Kier alpha value is -6.27. The van der Waals surface area contributed by atoms with Gasteiger partial charge in [-0.2, -0.15) is 0 Å². The summed E-state index contributed by atoms with van der Waals surface area (Å²) in [5.41, 5.74) is 13.1. The minimum Gasteiger partial charge on any atom is -0.435 e. The van der Waals surface area contributed by atoms with Crippen LogP contribution in [0.25, 0.3) is 89.0 Å². The van der Waals surface area contributed by atoms with Crippen LogP contribution in [-0.2, 0) is 10.8 Å². The Morgan fingerprint density at radius 2 is 1.00 bits per heavy atom. The normalized spacial score (nSPS) is 12.3. The zero-order valence-electron chi connectivity index (χ0n) is 30.8. The van der Waals surface area contributed by atoms with E-state index in [1.54, 1.807) is 0 Å². The highest BCUT2D eigenvalue weighted by Gasteiger charge is 2.27. The third-order valence-electron chi connectivity index (χ3n) is 9.81. The Balaban J connectivity index is 1.20. The molecule has 0 aliphatic rings. The molecule has 0 saturated heterocycles. The molecule has 53 heavy (non-hydrogen) atoms. The molecular formula is C47H39N5O. The number of aromatic nitrogens is 5. The number of fused-ring (bicyclic) bond motifs is 5. The number of oxazole rings is 1. The monoisotopic (exact) mass is 689 g/mol. The van der Waals surface area contributed by atoms with Crippen molar-refractivity contribution in [2.45, 2.75) is 52.4 Å².